The van der Waals surface area contributed by atoms with Crippen molar-refractivity contribution in [2.24, 2.45) is 5.73 Å². The van der Waals surface area contributed by atoms with E-state index in [9.17, 15) is 12.8 Å². The number of hydrogen-bond donors (Lipinski definition) is 1. The molecule has 94 valence electrons. The number of halogens is 1. The van der Waals surface area contributed by atoms with E-state index in [0.29, 0.717) is 17.7 Å². The van der Waals surface area contributed by atoms with Crippen molar-refractivity contribution >= 4 is 9.84 Å². The zero-order chi connectivity index (χ0) is 12.5. The first kappa shape index (κ1) is 12.3. The lowest BCUT2D eigenvalue weighted by Gasteiger charge is -2.15. The van der Waals surface area contributed by atoms with Crippen LogP contribution in [0.5, 0.6) is 5.75 Å². The molecule has 1 aromatic rings. The lowest BCUT2D eigenvalue weighted by atomic mass is 10.2. The number of sulfone groups is 1. The second kappa shape index (κ2) is 4.62. The lowest BCUT2D eigenvalue weighted by Crippen LogP contribution is -2.19. The van der Waals surface area contributed by atoms with E-state index >= 15 is 0 Å². The van der Waals surface area contributed by atoms with E-state index in [2.05, 4.69) is 0 Å². The van der Waals surface area contributed by atoms with Crippen LogP contribution in [0.15, 0.2) is 18.2 Å². The summed E-state index contributed by atoms with van der Waals surface area (Å²) < 4.78 is 41.1. The number of nitrogens with two attached hydrogens (primary N) is 1. The maximum atomic E-state index is 13.0. The van der Waals surface area contributed by atoms with Crippen molar-refractivity contribution in [2.75, 3.05) is 11.5 Å². The molecule has 0 spiro atoms. The SMILES string of the molecule is NCc1cc(F)ccc1OC1CCS(=O)(=O)C1. The molecule has 1 heterocycles. The average molecular weight is 259 g/mol. The monoisotopic (exact) mass is 259 g/mol. The molecule has 1 aliphatic heterocycles. The van der Waals surface area contributed by atoms with Crippen LogP contribution in [-0.4, -0.2) is 26.0 Å². The summed E-state index contributed by atoms with van der Waals surface area (Å²) in [7, 11) is -2.97. The lowest BCUT2D eigenvalue weighted by molar-refractivity contribution is 0.226. The van der Waals surface area contributed by atoms with Gasteiger partial charge >= 0.3 is 0 Å². The topological polar surface area (TPSA) is 69.4 Å². The van der Waals surface area contributed by atoms with Crippen LogP contribution in [0.25, 0.3) is 0 Å². The Morgan fingerprint density at radius 3 is 2.82 bits per heavy atom. The van der Waals surface area contributed by atoms with Crippen molar-refractivity contribution in [2.45, 2.75) is 19.1 Å². The first-order valence-electron chi connectivity index (χ1n) is 5.36. The summed E-state index contributed by atoms with van der Waals surface area (Å²) in [6, 6.07) is 4.07. The second-order valence-corrected chi connectivity index (χ2v) is 6.33. The van der Waals surface area contributed by atoms with Gasteiger partial charge in [0.15, 0.2) is 9.84 Å². The molecule has 2 N–H and O–H groups in total. The van der Waals surface area contributed by atoms with Crippen molar-refractivity contribution in [1.82, 2.24) is 0 Å². The molecule has 0 radical (unpaired) electrons. The zero-order valence-corrected chi connectivity index (χ0v) is 10.0. The molecule has 1 saturated heterocycles. The van der Waals surface area contributed by atoms with E-state index in [-0.39, 0.29) is 30.0 Å². The maximum Gasteiger partial charge on any atom is 0.154 e. The molecule has 0 bridgehead atoms. The fraction of sp³-hybridized carbons (Fsp3) is 0.455. The summed E-state index contributed by atoms with van der Waals surface area (Å²) in [6.45, 7) is 0.159. The molecule has 0 amide bonds. The summed E-state index contributed by atoms with van der Waals surface area (Å²) in [5.74, 6) is 0.262. The molecular weight excluding hydrogens is 245 g/mol. The van der Waals surface area contributed by atoms with Crippen molar-refractivity contribution in [1.29, 1.82) is 0 Å². The molecular formula is C11H14FNO3S. The van der Waals surface area contributed by atoms with Gasteiger partial charge in [-0.2, -0.15) is 0 Å². The smallest absolute Gasteiger partial charge is 0.154 e. The molecule has 1 aliphatic rings. The highest BCUT2D eigenvalue weighted by molar-refractivity contribution is 7.91. The predicted octanol–water partition coefficient (Wildman–Crippen LogP) is 0.850. The van der Waals surface area contributed by atoms with Crippen LogP contribution in [0, 0.1) is 5.82 Å². The van der Waals surface area contributed by atoms with E-state index in [1.54, 1.807) is 0 Å². The summed E-state index contributed by atoms with van der Waals surface area (Å²) >= 11 is 0. The van der Waals surface area contributed by atoms with E-state index < -0.39 is 9.84 Å². The van der Waals surface area contributed by atoms with Crippen LogP contribution in [-0.2, 0) is 16.4 Å². The second-order valence-electron chi connectivity index (χ2n) is 4.10. The highest BCUT2D eigenvalue weighted by atomic mass is 32.2. The van der Waals surface area contributed by atoms with Gasteiger partial charge in [0.2, 0.25) is 0 Å². The molecule has 1 unspecified atom stereocenters. The van der Waals surface area contributed by atoms with Gasteiger partial charge in [-0.3, -0.25) is 0 Å². The Morgan fingerprint density at radius 2 is 2.24 bits per heavy atom. The Kier molecular flexibility index (Phi) is 3.35. The van der Waals surface area contributed by atoms with Crippen LogP contribution in [0.4, 0.5) is 4.39 Å². The van der Waals surface area contributed by atoms with Gasteiger partial charge in [0.1, 0.15) is 17.7 Å². The van der Waals surface area contributed by atoms with Gasteiger partial charge in [-0.25, -0.2) is 12.8 Å². The van der Waals surface area contributed by atoms with Gasteiger partial charge in [-0.05, 0) is 24.6 Å². The minimum absolute atomic E-state index is 0.0222. The molecule has 6 heteroatoms. The van der Waals surface area contributed by atoms with Gasteiger partial charge in [-0.1, -0.05) is 0 Å². The first-order chi connectivity index (χ1) is 8.00. The van der Waals surface area contributed by atoms with Crippen LogP contribution in [0.3, 0.4) is 0 Å². The average Bonchev–Trinajstić information content (AvgIpc) is 2.61. The number of ether oxygens (including phenoxy) is 1. The quantitative estimate of drug-likeness (QED) is 0.873. The van der Waals surface area contributed by atoms with Crippen molar-refractivity contribution in [3.63, 3.8) is 0 Å². The molecule has 0 aliphatic carbocycles. The van der Waals surface area contributed by atoms with Crippen LogP contribution in [0.2, 0.25) is 0 Å². The molecule has 1 fully saturated rings. The Bertz CT molecular complexity index is 515. The van der Waals surface area contributed by atoms with Crippen LogP contribution < -0.4 is 10.5 Å². The standard InChI is InChI=1S/C11H14FNO3S/c12-9-1-2-11(8(5-9)6-13)16-10-3-4-17(14,15)7-10/h1-2,5,10H,3-4,6-7,13H2. The van der Waals surface area contributed by atoms with Crippen LogP contribution in [0.1, 0.15) is 12.0 Å². The number of hydrogen-bond acceptors (Lipinski definition) is 4. The minimum atomic E-state index is -2.97. The highest BCUT2D eigenvalue weighted by Crippen LogP contribution is 2.24. The van der Waals surface area contributed by atoms with Gasteiger partial charge < -0.3 is 10.5 Å². The minimum Gasteiger partial charge on any atom is -0.489 e. The Balaban J connectivity index is 2.14. The highest BCUT2D eigenvalue weighted by Gasteiger charge is 2.29. The van der Waals surface area contributed by atoms with E-state index in [1.165, 1.54) is 18.2 Å². The summed E-state index contributed by atoms with van der Waals surface area (Å²) in [5.41, 5.74) is 6.03. The fourth-order valence-electron chi connectivity index (χ4n) is 1.86. The molecule has 1 aromatic carbocycles. The maximum absolute atomic E-state index is 13.0. The predicted molar refractivity (Wildman–Crippen MR) is 62.0 cm³/mol. The third-order valence-electron chi connectivity index (χ3n) is 2.73. The van der Waals surface area contributed by atoms with Crippen molar-refractivity contribution in [3.05, 3.63) is 29.6 Å². The molecule has 0 aromatic heterocycles. The Hall–Kier alpha value is -1.14. The molecule has 0 saturated carbocycles. The number of rotatable bonds is 3. The van der Waals surface area contributed by atoms with Gasteiger partial charge in [0, 0.05) is 12.1 Å². The third kappa shape index (κ3) is 2.95. The van der Waals surface area contributed by atoms with Gasteiger partial charge in [0.05, 0.1) is 11.5 Å². The summed E-state index contributed by atoms with van der Waals surface area (Å²) in [4.78, 5) is 0. The Labute approximate surface area is 99.5 Å². The van der Waals surface area contributed by atoms with E-state index in [4.69, 9.17) is 10.5 Å². The van der Waals surface area contributed by atoms with Crippen molar-refractivity contribution < 1.29 is 17.5 Å². The van der Waals surface area contributed by atoms with Gasteiger partial charge in [-0.15, -0.1) is 0 Å². The fourth-order valence-corrected chi connectivity index (χ4v) is 3.45. The zero-order valence-electron chi connectivity index (χ0n) is 9.23. The summed E-state index contributed by atoms with van der Waals surface area (Å²) in [5, 5.41) is 0. The first-order valence-corrected chi connectivity index (χ1v) is 7.18. The molecule has 4 nitrogen and oxygen atoms in total. The molecule has 1 atom stereocenters. The van der Waals surface area contributed by atoms with E-state index in [1.807, 2.05) is 0 Å². The third-order valence-corrected chi connectivity index (χ3v) is 4.46. The molecule has 2 rings (SSSR count). The van der Waals surface area contributed by atoms with E-state index in [0.717, 1.165) is 0 Å². The van der Waals surface area contributed by atoms with Crippen molar-refractivity contribution in [3.8, 4) is 5.75 Å². The van der Waals surface area contributed by atoms with Gasteiger partial charge in [0.25, 0.3) is 0 Å². The normalized spacial score (nSPS) is 22.6. The largest absolute Gasteiger partial charge is 0.489 e. The Morgan fingerprint density at radius 1 is 1.47 bits per heavy atom. The van der Waals surface area contributed by atoms with Crippen LogP contribution >= 0.6 is 0 Å². The number of benzene rings is 1. The summed E-state index contributed by atoms with van der Waals surface area (Å²) in [6.07, 6.45) is 0.125. The molecule has 17 heavy (non-hydrogen) atoms.